The first-order chi connectivity index (χ1) is 13.5. The Morgan fingerprint density at radius 1 is 1.21 bits per heavy atom. The largest absolute Gasteiger partial charge is 0.379 e. The molecule has 152 valence electrons. The number of hydrogen-bond acceptors (Lipinski definition) is 6. The molecule has 1 amide bonds. The van der Waals surface area contributed by atoms with Gasteiger partial charge in [0.05, 0.1) is 13.2 Å². The molecular weight excluding hydrogens is 398 g/mol. The first-order valence-electron chi connectivity index (χ1n) is 9.14. The van der Waals surface area contributed by atoms with Gasteiger partial charge in [0.1, 0.15) is 9.77 Å². The van der Waals surface area contributed by atoms with E-state index in [1.165, 1.54) is 15.9 Å². The van der Waals surface area contributed by atoms with Crippen LogP contribution >= 0.6 is 11.3 Å². The van der Waals surface area contributed by atoms with Gasteiger partial charge in [0.15, 0.2) is 0 Å². The molecule has 2 heterocycles. The SMILES string of the molecule is CN(CCNC(=O)c1sccc1S(=O)(=O)N1CCOCC1)Cc1ccccc1. The molecule has 2 aromatic rings. The average Bonchev–Trinajstić information content (AvgIpc) is 3.20. The Kier molecular flexibility index (Phi) is 7.19. The predicted octanol–water partition coefficient (Wildman–Crippen LogP) is 1.63. The molecule has 9 heteroatoms. The van der Waals surface area contributed by atoms with Crippen LogP contribution in [0.2, 0.25) is 0 Å². The van der Waals surface area contributed by atoms with E-state index in [-0.39, 0.29) is 15.7 Å². The van der Waals surface area contributed by atoms with Gasteiger partial charge in [0.25, 0.3) is 5.91 Å². The van der Waals surface area contributed by atoms with Crippen molar-refractivity contribution in [2.24, 2.45) is 0 Å². The second-order valence-electron chi connectivity index (χ2n) is 6.61. The van der Waals surface area contributed by atoms with Crippen molar-refractivity contribution >= 4 is 27.3 Å². The average molecular weight is 424 g/mol. The summed E-state index contributed by atoms with van der Waals surface area (Å²) in [6.45, 7) is 3.26. The number of nitrogens with one attached hydrogen (secondary N) is 1. The second-order valence-corrected chi connectivity index (χ2v) is 9.43. The second kappa shape index (κ2) is 9.62. The minimum atomic E-state index is -3.68. The summed E-state index contributed by atoms with van der Waals surface area (Å²) in [6.07, 6.45) is 0. The van der Waals surface area contributed by atoms with Gasteiger partial charge in [-0.3, -0.25) is 4.79 Å². The lowest BCUT2D eigenvalue weighted by Gasteiger charge is -2.26. The molecule has 0 aliphatic carbocycles. The predicted molar refractivity (Wildman–Crippen MR) is 109 cm³/mol. The van der Waals surface area contributed by atoms with Crippen LogP contribution in [-0.2, 0) is 21.3 Å². The monoisotopic (exact) mass is 423 g/mol. The third-order valence-electron chi connectivity index (χ3n) is 4.50. The molecule has 1 saturated heterocycles. The van der Waals surface area contributed by atoms with Crippen LogP contribution in [0.15, 0.2) is 46.7 Å². The van der Waals surface area contributed by atoms with Crippen molar-refractivity contribution < 1.29 is 17.9 Å². The van der Waals surface area contributed by atoms with E-state index in [2.05, 4.69) is 22.3 Å². The van der Waals surface area contributed by atoms with Gasteiger partial charge in [-0.2, -0.15) is 4.31 Å². The van der Waals surface area contributed by atoms with Gasteiger partial charge in [-0.1, -0.05) is 30.3 Å². The minimum absolute atomic E-state index is 0.0783. The summed E-state index contributed by atoms with van der Waals surface area (Å²) in [5.74, 6) is -0.352. The standard InChI is InChI=1S/C19H25N3O4S2/c1-21(15-16-5-3-2-4-6-16)9-8-20-19(23)18-17(7-14-27-18)28(24,25)22-10-12-26-13-11-22/h2-7,14H,8-13,15H2,1H3,(H,20,23). The zero-order valence-corrected chi connectivity index (χ0v) is 17.5. The van der Waals surface area contributed by atoms with E-state index >= 15 is 0 Å². The van der Waals surface area contributed by atoms with Crippen LogP contribution in [0, 0.1) is 0 Å². The van der Waals surface area contributed by atoms with Crippen molar-refractivity contribution in [2.75, 3.05) is 46.4 Å². The third kappa shape index (κ3) is 5.18. The molecule has 0 unspecified atom stereocenters. The third-order valence-corrected chi connectivity index (χ3v) is 7.48. The Bertz CT molecular complexity index is 878. The fraction of sp³-hybridized carbons (Fsp3) is 0.421. The summed E-state index contributed by atoms with van der Waals surface area (Å²) in [4.78, 5) is 15.0. The smallest absolute Gasteiger partial charge is 0.262 e. The molecule has 1 aliphatic rings. The van der Waals surface area contributed by atoms with Gasteiger partial charge < -0.3 is 15.0 Å². The van der Waals surface area contributed by atoms with Crippen LogP contribution < -0.4 is 5.32 Å². The Balaban J connectivity index is 1.56. The van der Waals surface area contributed by atoms with Crippen LogP contribution in [0.3, 0.4) is 0 Å². The number of sulfonamides is 1. The van der Waals surface area contributed by atoms with Crippen LogP contribution in [0.1, 0.15) is 15.2 Å². The van der Waals surface area contributed by atoms with Crippen molar-refractivity contribution in [3.8, 4) is 0 Å². The quantitative estimate of drug-likeness (QED) is 0.698. The van der Waals surface area contributed by atoms with Gasteiger partial charge >= 0.3 is 0 Å². The van der Waals surface area contributed by atoms with Crippen molar-refractivity contribution in [3.05, 3.63) is 52.2 Å². The number of morpholine rings is 1. The highest BCUT2D eigenvalue weighted by molar-refractivity contribution is 7.89. The van der Waals surface area contributed by atoms with Crippen LogP contribution in [0.25, 0.3) is 0 Å². The maximum Gasteiger partial charge on any atom is 0.262 e. The number of ether oxygens (including phenoxy) is 1. The van der Waals surface area contributed by atoms with Gasteiger partial charge in [-0.05, 0) is 24.1 Å². The number of carbonyl (C=O) groups is 1. The van der Waals surface area contributed by atoms with Crippen molar-refractivity contribution in [2.45, 2.75) is 11.4 Å². The van der Waals surface area contributed by atoms with Gasteiger partial charge in [-0.25, -0.2) is 8.42 Å². The number of nitrogens with zero attached hydrogens (tertiary/aromatic N) is 2. The first kappa shape index (κ1) is 20.9. The van der Waals surface area contributed by atoms with Gasteiger partial charge in [-0.15, -0.1) is 11.3 Å². The first-order valence-corrected chi connectivity index (χ1v) is 11.5. The molecule has 0 radical (unpaired) electrons. The molecule has 1 aromatic carbocycles. The van der Waals surface area contributed by atoms with Gasteiger partial charge in [0.2, 0.25) is 10.0 Å². The summed E-state index contributed by atoms with van der Waals surface area (Å²) in [6, 6.07) is 11.6. The number of amides is 1. The lowest BCUT2D eigenvalue weighted by molar-refractivity contribution is 0.0730. The van der Waals surface area contributed by atoms with Crippen LogP contribution in [0.5, 0.6) is 0 Å². The highest BCUT2D eigenvalue weighted by Gasteiger charge is 2.31. The number of likely N-dealkylation sites (N-methyl/N-ethyl adjacent to an activating group) is 1. The number of thiophene rings is 1. The maximum atomic E-state index is 12.8. The number of hydrogen-bond donors (Lipinski definition) is 1. The Morgan fingerprint density at radius 2 is 1.93 bits per heavy atom. The number of rotatable bonds is 8. The van der Waals surface area contributed by atoms with E-state index in [0.29, 0.717) is 39.4 Å². The van der Waals surface area contributed by atoms with E-state index in [9.17, 15) is 13.2 Å². The summed E-state index contributed by atoms with van der Waals surface area (Å²) in [5, 5.41) is 4.48. The zero-order chi connectivity index (χ0) is 20.0. The molecule has 1 fully saturated rings. The fourth-order valence-electron chi connectivity index (χ4n) is 3.01. The number of carbonyl (C=O) groups excluding carboxylic acids is 1. The van der Waals surface area contributed by atoms with Crippen LogP contribution in [-0.4, -0.2) is 70.0 Å². The summed E-state index contributed by atoms with van der Waals surface area (Å²) in [5.41, 5.74) is 1.20. The highest BCUT2D eigenvalue weighted by atomic mass is 32.2. The molecule has 1 aliphatic heterocycles. The molecule has 28 heavy (non-hydrogen) atoms. The topological polar surface area (TPSA) is 79.0 Å². The van der Waals surface area contributed by atoms with Crippen molar-refractivity contribution in [1.29, 1.82) is 0 Å². The van der Waals surface area contributed by atoms with E-state index in [1.54, 1.807) is 5.38 Å². The zero-order valence-electron chi connectivity index (χ0n) is 15.8. The van der Waals surface area contributed by atoms with E-state index < -0.39 is 10.0 Å². The van der Waals surface area contributed by atoms with Crippen molar-refractivity contribution in [1.82, 2.24) is 14.5 Å². The fourth-order valence-corrected chi connectivity index (χ4v) is 5.73. The molecule has 0 atom stereocenters. The van der Waals surface area contributed by atoms with Crippen LogP contribution in [0.4, 0.5) is 0 Å². The van der Waals surface area contributed by atoms with E-state index in [4.69, 9.17) is 4.74 Å². The van der Waals surface area contributed by atoms with Gasteiger partial charge in [0, 0.05) is 32.7 Å². The maximum absolute atomic E-state index is 12.8. The highest BCUT2D eigenvalue weighted by Crippen LogP contribution is 2.25. The lowest BCUT2D eigenvalue weighted by atomic mass is 10.2. The molecule has 1 aromatic heterocycles. The molecule has 0 bridgehead atoms. The molecule has 0 spiro atoms. The molecule has 1 N–H and O–H groups in total. The Morgan fingerprint density at radius 3 is 2.64 bits per heavy atom. The lowest BCUT2D eigenvalue weighted by Crippen LogP contribution is -2.41. The Hall–Kier alpha value is -1.78. The molecule has 0 saturated carbocycles. The summed E-state index contributed by atoms with van der Waals surface area (Å²) < 4.78 is 32.3. The van der Waals surface area contributed by atoms with Crippen molar-refractivity contribution in [3.63, 3.8) is 0 Å². The van der Waals surface area contributed by atoms with E-state index in [1.807, 2.05) is 25.2 Å². The number of benzene rings is 1. The summed E-state index contributed by atoms with van der Waals surface area (Å²) >= 11 is 1.15. The normalized spacial score (nSPS) is 15.6. The Labute approximate surface area is 170 Å². The molecule has 3 rings (SSSR count). The molecule has 7 nitrogen and oxygen atoms in total. The molecular formula is C19H25N3O4S2. The summed E-state index contributed by atoms with van der Waals surface area (Å²) in [7, 11) is -1.70. The minimum Gasteiger partial charge on any atom is -0.379 e. The van der Waals surface area contributed by atoms with E-state index in [0.717, 1.165) is 17.9 Å².